The van der Waals surface area contributed by atoms with Crippen LogP contribution in [0, 0.1) is 5.82 Å². The Hall–Kier alpha value is -3.00. The lowest BCUT2D eigenvalue weighted by atomic mass is 10.2. The van der Waals surface area contributed by atoms with E-state index in [1.165, 1.54) is 18.2 Å². The van der Waals surface area contributed by atoms with E-state index in [9.17, 15) is 14.0 Å². The van der Waals surface area contributed by atoms with Crippen LogP contribution in [0.2, 0.25) is 0 Å². The molecule has 0 saturated carbocycles. The minimum atomic E-state index is -1.06. The van der Waals surface area contributed by atoms with Gasteiger partial charge in [-0.05, 0) is 37.3 Å². The molecule has 0 bridgehead atoms. The molecule has 7 nitrogen and oxygen atoms in total. The Morgan fingerprint density at radius 2 is 1.85 bits per heavy atom. The highest BCUT2D eigenvalue weighted by Crippen LogP contribution is 2.17. The van der Waals surface area contributed by atoms with Crippen LogP contribution in [0.1, 0.15) is 17.4 Å². The number of hydrogen-bond donors (Lipinski definition) is 2. The summed E-state index contributed by atoms with van der Waals surface area (Å²) in [5.74, 6) is -1.03. The van der Waals surface area contributed by atoms with Gasteiger partial charge in [0, 0.05) is 31.9 Å². The topological polar surface area (TPSA) is 85.8 Å². The first-order chi connectivity index (χ1) is 12.9. The Balaban J connectivity index is 1.57. The fraction of sp³-hybridized carbons (Fsp3) is 0.316. The van der Waals surface area contributed by atoms with E-state index >= 15 is 0 Å². The molecule has 0 aliphatic carbocycles. The molecule has 1 aliphatic heterocycles. The Labute approximate surface area is 156 Å². The van der Waals surface area contributed by atoms with Crippen molar-refractivity contribution in [2.24, 2.45) is 0 Å². The van der Waals surface area contributed by atoms with Crippen molar-refractivity contribution in [3.63, 3.8) is 0 Å². The summed E-state index contributed by atoms with van der Waals surface area (Å²) in [6, 6.07) is 10.3. The first-order valence-corrected chi connectivity index (χ1v) is 8.70. The molecule has 1 aromatic heterocycles. The molecule has 2 N–H and O–H groups in total. The van der Waals surface area contributed by atoms with Gasteiger partial charge in [-0.25, -0.2) is 14.2 Å². The molecule has 1 aromatic carbocycles. The lowest BCUT2D eigenvalue weighted by molar-refractivity contribution is -0.120. The average molecular weight is 372 g/mol. The minimum Gasteiger partial charge on any atom is -0.477 e. The van der Waals surface area contributed by atoms with Gasteiger partial charge in [-0.3, -0.25) is 9.69 Å². The van der Waals surface area contributed by atoms with Gasteiger partial charge in [0.05, 0.1) is 6.04 Å². The number of rotatable bonds is 5. The second kappa shape index (κ2) is 8.13. The standard InChI is InChI=1S/C19H21FN4O3/c1-13(18(25)21-15-5-2-4-14(20)12-15)23-8-10-24(11-9-23)17-7-3-6-16(22-17)19(26)27/h2-7,12-13H,8-11H2,1H3,(H,21,25)(H,26,27). The molecule has 1 fully saturated rings. The number of aromatic nitrogens is 1. The van der Waals surface area contributed by atoms with Crippen LogP contribution in [0.4, 0.5) is 15.9 Å². The van der Waals surface area contributed by atoms with Gasteiger partial charge in [-0.15, -0.1) is 0 Å². The van der Waals surface area contributed by atoms with Gasteiger partial charge in [0.2, 0.25) is 5.91 Å². The molecule has 27 heavy (non-hydrogen) atoms. The molecule has 1 aliphatic rings. The summed E-state index contributed by atoms with van der Waals surface area (Å²) < 4.78 is 13.2. The van der Waals surface area contributed by atoms with E-state index in [1.807, 2.05) is 16.7 Å². The van der Waals surface area contributed by atoms with Crippen molar-refractivity contribution in [1.29, 1.82) is 0 Å². The normalized spacial score (nSPS) is 16.0. The number of amides is 1. The quantitative estimate of drug-likeness (QED) is 0.836. The third-order valence-electron chi connectivity index (χ3n) is 4.61. The van der Waals surface area contributed by atoms with E-state index in [0.717, 1.165) is 0 Å². The van der Waals surface area contributed by atoms with Gasteiger partial charge in [-0.2, -0.15) is 0 Å². The van der Waals surface area contributed by atoms with Crippen LogP contribution in [0.15, 0.2) is 42.5 Å². The highest BCUT2D eigenvalue weighted by atomic mass is 19.1. The highest BCUT2D eigenvalue weighted by Gasteiger charge is 2.26. The van der Waals surface area contributed by atoms with Crippen LogP contribution < -0.4 is 10.2 Å². The summed E-state index contributed by atoms with van der Waals surface area (Å²) in [5, 5.41) is 11.8. The Kier molecular flexibility index (Phi) is 5.66. The monoisotopic (exact) mass is 372 g/mol. The van der Waals surface area contributed by atoms with Crippen LogP contribution >= 0.6 is 0 Å². The van der Waals surface area contributed by atoms with Crippen molar-refractivity contribution in [3.8, 4) is 0 Å². The van der Waals surface area contributed by atoms with Gasteiger partial charge < -0.3 is 15.3 Å². The smallest absolute Gasteiger partial charge is 0.354 e. The second-order valence-corrected chi connectivity index (χ2v) is 6.38. The van der Waals surface area contributed by atoms with Crippen molar-refractivity contribution in [2.45, 2.75) is 13.0 Å². The first-order valence-electron chi connectivity index (χ1n) is 8.70. The van der Waals surface area contributed by atoms with Crippen LogP contribution in [0.3, 0.4) is 0 Å². The zero-order valence-corrected chi connectivity index (χ0v) is 14.9. The van der Waals surface area contributed by atoms with Gasteiger partial charge in [0.15, 0.2) is 5.69 Å². The van der Waals surface area contributed by atoms with Crippen molar-refractivity contribution < 1.29 is 19.1 Å². The van der Waals surface area contributed by atoms with Crippen LogP contribution in [0.25, 0.3) is 0 Å². The SMILES string of the molecule is CC(C(=O)Nc1cccc(F)c1)N1CCN(c2cccc(C(=O)O)n2)CC1. The summed E-state index contributed by atoms with van der Waals surface area (Å²) in [6.45, 7) is 4.35. The summed E-state index contributed by atoms with van der Waals surface area (Å²) in [5.41, 5.74) is 0.443. The zero-order chi connectivity index (χ0) is 19.4. The summed E-state index contributed by atoms with van der Waals surface area (Å²) in [6.07, 6.45) is 0. The van der Waals surface area contributed by atoms with E-state index < -0.39 is 11.8 Å². The molecular weight excluding hydrogens is 351 g/mol. The van der Waals surface area contributed by atoms with E-state index in [-0.39, 0.29) is 17.6 Å². The van der Waals surface area contributed by atoms with Gasteiger partial charge >= 0.3 is 5.97 Å². The van der Waals surface area contributed by atoms with Crippen LogP contribution in [-0.2, 0) is 4.79 Å². The van der Waals surface area contributed by atoms with E-state index in [2.05, 4.69) is 10.3 Å². The van der Waals surface area contributed by atoms with Gasteiger partial charge in [0.1, 0.15) is 11.6 Å². The molecule has 1 saturated heterocycles. The van der Waals surface area contributed by atoms with E-state index in [1.54, 1.807) is 24.3 Å². The maximum atomic E-state index is 13.2. The maximum Gasteiger partial charge on any atom is 0.354 e. The molecule has 1 unspecified atom stereocenters. The lowest BCUT2D eigenvalue weighted by Gasteiger charge is -2.38. The Morgan fingerprint density at radius 3 is 2.52 bits per heavy atom. The molecule has 0 spiro atoms. The van der Waals surface area contributed by atoms with Gasteiger partial charge in [-0.1, -0.05) is 12.1 Å². The minimum absolute atomic E-state index is 0.0118. The summed E-state index contributed by atoms with van der Waals surface area (Å²) >= 11 is 0. The number of carbonyl (C=O) groups is 2. The van der Waals surface area contributed by atoms with Crippen LogP contribution in [0.5, 0.6) is 0 Å². The Morgan fingerprint density at radius 1 is 1.15 bits per heavy atom. The second-order valence-electron chi connectivity index (χ2n) is 6.38. The molecule has 0 radical (unpaired) electrons. The molecule has 2 aromatic rings. The number of carboxylic acid groups (broad SMARTS) is 1. The number of benzene rings is 1. The molecule has 142 valence electrons. The number of anilines is 2. The van der Waals surface area contributed by atoms with Crippen LogP contribution in [-0.4, -0.2) is 59.1 Å². The third-order valence-corrected chi connectivity index (χ3v) is 4.61. The number of hydrogen-bond acceptors (Lipinski definition) is 5. The molecule has 8 heteroatoms. The van der Waals surface area contributed by atoms with E-state index in [0.29, 0.717) is 37.7 Å². The van der Waals surface area contributed by atoms with Crippen molar-refractivity contribution >= 4 is 23.4 Å². The number of pyridine rings is 1. The lowest BCUT2D eigenvalue weighted by Crippen LogP contribution is -2.53. The van der Waals surface area contributed by atoms with E-state index in [4.69, 9.17) is 5.11 Å². The number of nitrogens with zero attached hydrogens (tertiary/aromatic N) is 3. The highest BCUT2D eigenvalue weighted by molar-refractivity contribution is 5.94. The fourth-order valence-electron chi connectivity index (χ4n) is 3.04. The molecule has 1 atom stereocenters. The molecule has 1 amide bonds. The molecule has 3 rings (SSSR count). The number of carboxylic acids is 1. The number of carbonyl (C=O) groups excluding carboxylic acids is 1. The fourth-order valence-corrected chi connectivity index (χ4v) is 3.04. The number of piperazine rings is 1. The van der Waals surface area contributed by atoms with Gasteiger partial charge in [0.25, 0.3) is 0 Å². The van der Waals surface area contributed by atoms with Crippen molar-refractivity contribution in [1.82, 2.24) is 9.88 Å². The zero-order valence-electron chi connectivity index (χ0n) is 14.9. The largest absolute Gasteiger partial charge is 0.477 e. The summed E-state index contributed by atoms with van der Waals surface area (Å²) in [4.78, 5) is 31.7. The number of nitrogens with one attached hydrogen (secondary N) is 1. The molecule has 2 heterocycles. The third kappa shape index (κ3) is 4.59. The summed E-state index contributed by atoms with van der Waals surface area (Å²) in [7, 11) is 0. The van der Waals surface area contributed by atoms with Crippen molar-refractivity contribution in [2.75, 3.05) is 36.4 Å². The maximum absolute atomic E-state index is 13.2. The predicted octanol–water partition coefficient (Wildman–Crippen LogP) is 2.07. The first kappa shape index (κ1) is 18.8. The Bertz CT molecular complexity index is 837. The predicted molar refractivity (Wildman–Crippen MR) is 99.5 cm³/mol. The number of halogens is 1. The number of aromatic carboxylic acids is 1. The van der Waals surface area contributed by atoms with Crippen molar-refractivity contribution in [3.05, 3.63) is 54.0 Å². The molecular formula is C19H21FN4O3. The average Bonchev–Trinajstić information content (AvgIpc) is 2.67.